The Balaban J connectivity index is 2.32. The highest BCUT2D eigenvalue weighted by Gasteiger charge is 2.37. The van der Waals surface area contributed by atoms with Gasteiger partial charge in [0.15, 0.2) is 0 Å². The maximum atomic E-state index is 12.6. The van der Waals surface area contributed by atoms with Crippen molar-refractivity contribution in [2.24, 2.45) is 0 Å². The van der Waals surface area contributed by atoms with Gasteiger partial charge in [0.2, 0.25) is 10.0 Å². The Labute approximate surface area is 114 Å². The van der Waals surface area contributed by atoms with Crippen molar-refractivity contribution in [3.63, 3.8) is 0 Å². The molecule has 2 rings (SSSR count). The number of alkyl halides is 1. The molecule has 0 amide bonds. The zero-order valence-electron chi connectivity index (χ0n) is 10.5. The molecule has 100 valence electrons. The average Bonchev–Trinajstić information content (AvgIpc) is 3.20. The molecule has 0 N–H and O–H groups in total. The zero-order valence-corrected chi connectivity index (χ0v) is 12.0. The van der Waals surface area contributed by atoms with Crippen molar-refractivity contribution < 1.29 is 8.42 Å². The molecule has 1 saturated carbocycles. The topological polar surface area (TPSA) is 37.4 Å². The summed E-state index contributed by atoms with van der Waals surface area (Å²) in [5, 5.41) is 0. The predicted octanol–water partition coefficient (Wildman–Crippen LogP) is 2.99. The summed E-state index contributed by atoms with van der Waals surface area (Å²) in [4.78, 5) is 0.362. The van der Waals surface area contributed by atoms with E-state index in [9.17, 15) is 8.42 Å². The monoisotopic (exact) mass is 287 g/mol. The van der Waals surface area contributed by atoms with Gasteiger partial charge in [0.1, 0.15) is 0 Å². The highest BCUT2D eigenvalue weighted by atomic mass is 35.5. The molecule has 1 fully saturated rings. The van der Waals surface area contributed by atoms with Crippen LogP contribution in [0.25, 0.3) is 0 Å². The lowest BCUT2D eigenvalue weighted by Crippen LogP contribution is -2.33. The van der Waals surface area contributed by atoms with Gasteiger partial charge in [0, 0.05) is 18.5 Å². The molecule has 1 aliphatic rings. The maximum Gasteiger partial charge on any atom is 0.243 e. The summed E-state index contributed by atoms with van der Waals surface area (Å²) < 4.78 is 26.7. The van der Waals surface area contributed by atoms with Gasteiger partial charge in [-0.25, -0.2) is 8.42 Å². The molecule has 0 heterocycles. The van der Waals surface area contributed by atoms with E-state index in [1.165, 1.54) is 0 Å². The third-order valence-electron chi connectivity index (χ3n) is 3.06. The summed E-state index contributed by atoms with van der Waals surface area (Å²) in [5.41, 5.74) is 0.838. The van der Waals surface area contributed by atoms with Crippen LogP contribution in [-0.4, -0.2) is 25.3 Å². The van der Waals surface area contributed by atoms with Gasteiger partial charge in [-0.1, -0.05) is 19.1 Å². The molecule has 0 bridgehead atoms. The van der Waals surface area contributed by atoms with E-state index in [0.717, 1.165) is 24.8 Å². The lowest BCUT2D eigenvalue weighted by Gasteiger charge is -2.21. The van der Waals surface area contributed by atoms with Crippen LogP contribution in [0.1, 0.15) is 31.7 Å². The van der Waals surface area contributed by atoms with E-state index >= 15 is 0 Å². The second-order valence-corrected chi connectivity index (χ2v) is 6.79. The Morgan fingerprint density at radius 1 is 1.39 bits per heavy atom. The van der Waals surface area contributed by atoms with E-state index in [4.69, 9.17) is 11.6 Å². The van der Waals surface area contributed by atoms with Crippen molar-refractivity contribution in [2.75, 3.05) is 6.54 Å². The fraction of sp³-hybridized carbons (Fsp3) is 0.538. The number of nitrogens with zero attached hydrogens (tertiary/aromatic N) is 1. The molecule has 5 heteroatoms. The molecule has 1 aromatic rings. The number of hydrogen-bond donors (Lipinski definition) is 0. The second-order valence-electron chi connectivity index (χ2n) is 4.63. The zero-order chi connectivity index (χ0) is 13.2. The van der Waals surface area contributed by atoms with Crippen LogP contribution in [0.4, 0.5) is 0 Å². The van der Waals surface area contributed by atoms with Crippen molar-refractivity contribution in [3.05, 3.63) is 29.8 Å². The number of hydrogen-bond acceptors (Lipinski definition) is 2. The smallest absolute Gasteiger partial charge is 0.207 e. The standard InChI is InChI=1S/C13H18ClNO2S/c1-2-8-15(12-6-7-12)18(16,17)13-5-3-4-11(9-13)10-14/h3-5,9,12H,2,6-8,10H2,1H3. The van der Waals surface area contributed by atoms with Gasteiger partial charge in [-0.3, -0.25) is 0 Å². The van der Waals surface area contributed by atoms with Crippen LogP contribution in [0, 0.1) is 0 Å². The third kappa shape index (κ3) is 2.87. The quantitative estimate of drug-likeness (QED) is 0.754. The third-order valence-corrected chi connectivity index (χ3v) is 5.31. The normalized spacial score (nSPS) is 16.2. The number of sulfonamides is 1. The Kier molecular flexibility index (Phi) is 4.30. The van der Waals surface area contributed by atoms with E-state index in [1.807, 2.05) is 13.0 Å². The van der Waals surface area contributed by atoms with Crippen molar-refractivity contribution in [3.8, 4) is 0 Å². The molecule has 0 radical (unpaired) electrons. The van der Waals surface area contributed by atoms with Crippen molar-refractivity contribution >= 4 is 21.6 Å². The molecule has 18 heavy (non-hydrogen) atoms. The number of halogens is 1. The summed E-state index contributed by atoms with van der Waals surface area (Å²) in [6, 6.07) is 7.12. The molecule has 0 aliphatic heterocycles. The first-order valence-corrected chi connectivity index (χ1v) is 8.23. The van der Waals surface area contributed by atoms with Crippen LogP contribution in [-0.2, 0) is 15.9 Å². The minimum absolute atomic E-state index is 0.203. The van der Waals surface area contributed by atoms with E-state index < -0.39 is 10.0 Å². The molecular weight excluding hydrogens is 270 g/mol. The van der Waals surface area contributed by atoms with Crippen LogP contribution in [0.3, 0.4) is 0 Å². The van der Waals surface area contributed by atoms with Crippen molar-refractivity contribution in [1.29, 1.82) is 0 Å². The molecule has 0 atom stereocenters. The summed E-state index contributed by atoms with van der Waals surface area (Å²) in [6.07, 6.45) is 2.80. The number of rotatable bonds is 6. The lowest BCUT2D eigenvalue weighted by molar-refractivity contribution is 0.403. The molecular formula is C13H18ClNO2S. The van der Waals surface area contributed by atoms with Crippen molar-refractivity contribution in [2.45, 2.75) is 43.0 Å². The second kappa shape index (κ2) is 5.59. The highest BCUT2D eigenvalue weighted by molar-refractivity contribution is 7.89. The van der Waals surface area contributed by atoms with Crippen LogP contribution in [0.2, 0.25) is 0 Å². The fourth-order valence-corrected chi connectivity index (χ4v) is 4.02. The van der Waals surface area contributed by atoms with E-state index in [-0.39, 0.29) is 6.04 Å². The van der Waals surface area contributed by atoms with Crippen LogP contribution in [0.15, 0.2) is 29.2 Å². The Bertz CT molecular complexity index is 511. The Hall–Kier alpha value is -0.580. The minimum atomic E-state index is -3.36. The Morgan fingerprint density at radius 3 is 2.67 bits per heavy atom. The molecule has 0 spiro atoms. The van der Waals surface area contributed by atoms with Gasteiger partial charge >= 0.3 is 0 Å². The maximum absolute atomic E-state index is 12.6. The highest BCUT2D eigenvalue weighted by Crippen LogP contribution is 2.32. The van der Waals surface area contributed by atoms with Crippen LogP contribution in [0.5, 0.6) is 0 Å². The van der Waals surface area contributed by atoms with Gasteiger partial charge in [-0.2, -0.15) is 4.31 Å². The first-order chi connectivity index (χ1) is 8.59. The van der Waals surface area contributed by atoms with Gasteiger partial charge in [-0.05, 0) is 37.0 Å². The van der Waals surface area contributed by atoms with Gasteiger partial charge in [0.05, 0.1) is 4.90 Å². The molecule has 1 aromatic carbocycles. The van der Waals surface area contributed by atoms with Crippen LogP contribution >= 0.6 is 11.6 Å². The predicted molar refractivity (Wildman–Crippen MR) is 73.2 cm³/mol. The molecule has 1 aliphatic carbocycles. The minimum Gasteiger partial charge on any atom is -0.207 e. The molecule has 0 saturated heterocycles. The average molecular weight is 288 g/mol. The summed E-state index contributed by atoms with van der Waals surface area (Å²) in [5.74, 6) is 0.334. The molecule has 3 nitrogen and oxygen atoms in total. The largest absolute Gasteiger partial charge is 0.243 e. The van der Waals surface area contributed by atoms with Gasteiger partial charge in [-0.15, -0.1) is 11.6 Å². The van der Waals surface area contributed by atoms with E-state index in [1.54, 1.807) is 22.5 Å². The SMILES string of the molecule is CCCN(C1CC1)S(=O)(=O)c1cccc(CCl)c1. The first kappa shape index (κ1) is 13.8. The van der Waals surface area contributed by atoms with Crippen molar-refractivity contribution in [1.82, 2.24) is 4.31 Å². The summed E-state index contributed by atoms with van der Waals surface area (Å²) in [6.45, 7) is 2.60. The Morgan fingerprint density at radius 2 is 2.11 bits per heavy atom. The fourth-order valence-electron chi connectivity index (χ4n) is 2.01. The van der Waals surface area contributed by atoms with E-state index in [0.29, 0.717) is 17.3 Å². The summed E-state index contributed by atoms with van der Waals surface area (Å²) in [7, 11) is -3.36. The first-order valence-electron chi connectivity index (χ1n) is 6.26. The molecule has 0 aromatic heterocycles. The summed E-state index contributed by atoms with van der Waals surface area (Å²) >= 11 is 5.76. The lowest BCUT2D eigenvalue weighted by atomic mass is 10.2. The van der Waals surface area contributed by atoms with Gasteiger partial charge < -0.3 is 0 Å². The molecule has 0 unspecified atom stereocenters. The van der Waals surface area contributed by atoms with E-state index in [2.05, 4.69) is 0 Å². The van der Waals surface area contributed by atoms with Crippen LogP contribution < -0.4 is 0 Å². The number of benzene rings is 1. The van der Waals surface area contributed by atoms with Gasteiger partial charge in [0.25, 0.3) is 0 Å².